The van der Waals surface area contributed by atoms with Crippen LogP contribution in [-0.2, 0) is 0 Å². The molecule has 0 atom stereocenters. The SMILES string of the molecule is O=C(O)c1c(Br)sc2c(Br)scc12. The highest BCUT2D eigenvalue weighted by Gasteiger charge is 2.18. The predicted molar refractivity (Wildman–Crippen MR) is 62.1 cm³/mol. The van der Waals surface area contributed by atoms with Gasteiger partial charge in [0, 0.05) is 10.8 Å². The summed E-state index contributed by atoms with van der Waals surface area (Å²) in [6.07, 6.45) is 0. The summed E-state index contributed by atoms with van der Waals surface area (Å²) in [4.78, 5) is 10.9. The minimum absolute atomic E-state index is 0.363. The second-order valence-electron chi connectivity index (χ2n) is 2.31. The van der Waals surface area contributed by atoms with E-state index in [-0.39, 0.29) is 0 Å². The van der Waals surface area contributed by atoms with Crippen molar-refractivity contribution in [2.75, 3.05) is 0 Å². The van der Waals surface area contributed by atoms with Crippen LogP contribution in [0.4, 0.5) is 0 Å². The summed E-state index contributed by atoms with van der Waals surface area (Å²) >= 11 is 9.57. The second-order valence-corrected chi connectivity index (χ2v) is 6.84. The Kier molecular flexibility index (Phi) is 2.48. The van der Waals surface area contributed by atoms with E-state index in [0.717, 1.165) is 13.9 Å². The Hall–Kier alpha value is 0.0900. The second kappa shape index (κ2) is 3.34. The highest BCUT2D eigenvalue weighted by Crippen LogP contribution is 2.42. The molecule has 2 aromatic rings. The van der Waals surface area contributed by atoms with Gasteiger partial charge in [0.25, 0.3) is 0 Å². The highest BCUT2D eigenvalue weighted by atomic mass is 79.9. The molecule has 0 fully saturated rings. The first-order valence-electron chi connectivity index (χ1n) is 3.19. The van der Waals surface area contributed by atoms with Crippen LogP contribution in [0.1, 0.15) is 10.4 Å². The monoisotopic (exact) mass is 340 g/mol. The lowest BCUT2D eigenvalue weighted by Gasteiger charge is -1.87. The summed E-state index contributed by atoms with van der Waals surface area (Å²) in [7, 11) is 0. The third-order valence-corrected chi connectivity index (χ3v) is 5.58. The molecule has 2 rings (SSSR count). The first kappa shape index (κ1) is 9.64. The zero-order chi connectivity index (χ0) is 9.59. The maximum Gasteiger partial charge on any atom is 0.338 e. The quantitative estimate of drug-likeness (QED) is 0.844. The molecule has 1 N–H and O–H groups in total. The van der Waals surface area contributed by atoms with E-state index in [2.05, 4.69) is 31.9 Å². The fourth-order valence-electron chi connectivity index (χ4n) is 1.04. The molecule has 0 saturated heterocycles. The predicted octanol–water partition coefficient (Wildman–Crippen LogP) is 4.19. The number of aromatic carboxylic acids is 1. The van der Waals surface area contributed by atoms with Gasteiger partial charge in [0.2, 0.25) is 0 Å². The Bertz CT molecular complexity index is 486. The molecule has 0 aliphatic rings. The van der Waals surface area contributed by atoms with Crippen LogP contribution in [0.25, 0.3) is 10.1 Å². The number of carboxylic acid groups (broad SMARTS) is 1. The van der Waals surface area contributed by atoms with E-state index in [0.29, 0.717) is 9.35 Å². The molecule has 13 heavy (non-hydrogen) atoms. The standard InChI is InChI=1S/C7H2Br2O2S2/c8-5-3(7(10)11)2-1-12-6(9)4(2)13-5/h1H,(H,10,11). The van der Waals surface area contributed by atoms with E-state index in [9.17, 15) is 4.79 Å². The van der Waals surface area contributed by atoms with Gasteiger partial charge in [0.05, 0.1) is 17.8 Å². The van der Waals surface area contributed by atoms with Crippen molar-refractivity contribution in [3.8, 4) is 0 Å². The number of halogens is 2. The van der Waals surface area contributed by atoms with Crippen LogP contribution in [0.3, 0.4) is 0 Å². The van der Waals surface area contributed by atoms with Gasteiger partial charge in [0.15, 0.2) is 0 Å². The number of rotatable bonds is 1. The molecular formula is C7H2Br2O2S2. The van der Waals surface area contributed by atoms with Gasteiger partial charge in [-0.2, -0.15) is 0 Å². The van der Waals surface area contributed by atoms with Crippen LogP contribution in [0.5, 0.6) is 0 Å². The minimum atomic E-state index is -0.886. The lowest BCUT2D eigenvalue weighted by molar-refractivity contribution is 0.0698. The van der Waals surface area contributed by atoms with E-state index in [1.807, 2.05) is 5.38 Å². The summed E-state index contributed by atoms with van der Waals surface area (Å²) in [6, 6.07) is 0. The number of hydrogen-bond acceptors (Lipinski definition) is 3. The van der Waals surface area contributed by atoms with Crippen LogP contribution in [0, 0.1) is 0 Å². The molecular weight excluding hydrogens is 340 g/mol. The zero-order valence-corrected chi connectivity index (χ0v) is 10.8. The Balaban J connectivity index is 2.86. The summed E-state index contributed by atoms with van der Waals surface area (Å²) < 4.78 is 2.66. The van der Waals surface area contributed by atoms with Crippen LogP contribution in [0.2, 0.25) is 0 Å². The van der Waals surface area contributed by atoms with Crippen molar-refractivity contribution in [3.63, 3.8) is 0 Å². The lowest BCUT2D eigenvalue weighted by atomic mass is 10.2. The van der Waals surface area contributed by atoms with Crippen molar-refractivity contribution in [3.05, 3.63) is 18.5 Å². The first-order chi connectivity index (χ1) is 6.11. The summed E-state index contributed by atoms with van der Waals surface area (Å²) in [6.45, 7) is 0. The van der Waals surface area contributed by atoms with Crippen LogP contribution in [-0.4, -0.2) is 11.1 Å². The van der Waals surface area contributed by atoms with Gasteiger partial charge in [-0.3, -0.25) is 0 Å². The normalized spacial score (nSPS) is 10.9. The molecule has 0 amide bonds. The van der Waals surface area contributed by atoms with E-state index < -0.39 is 5.97 Å². The van der Waals surface area contributed by atoms with E-state index in [1.165, 1.54) is 22.7 Å². The lowest BCUT2D eigenvalue weighted by Crippen LogP contribution is -1.93. The Morgan fingerprint density at radius 3 is 2.69 bits per heavy atom. The molecule has 0 radical (unpaired) electrons. The largest absolute Gasteiger partial charge is 0.478 e. The number of thiophene rings is 2. The fraction of sp³-hybridized carbons (Fsp3) is 0. The van der Waals surface area contributed by atoms with Crippen LogP contribution >= 0.6 is 54.5 Å². The average molecular weight is 342 g/mol. The third kappa shape index (κ3) is 1.45. The van der Waals surface area contributed by atoms with Crippen molar-refractivity contribution in [2.24, 2.45) is 0 Å². The van der Waals surface area contributed by atoms with Gasteiger partial charge < -0.3 is 5.11 Å². The number of fused-ring (bicyclic) bond motifs is 1. The average Bonchev–Trinajstić information content (AvgIpc) is 2.51. The summed E-state index contributed by atoms with van der Waals surface area (Å²) in [5.74, 6) is -0.886. The Morgan fingerprint density at radius 1 is 1.38 bits per heavy atom. The first-order valence-corrected chi connectivity index (χ1v) is 6.47. The zero-order valence-electron chi connectivity index (χ0n) is 6.01. The van der Waals surface area contributed by atoms with Crippen molar-refractivity contribution < 1.29 is 9.90 Å². The molecule has 2 heterocycles. The van der Waals surface area contributed by atoms with Gasteiger partial charge in [-0.15, -0.1) is 22.7 Å². The smallest absolute Gasteiger partial charge is 0.338 e. The van der Waals surface area contributed by atoms with Crippen molar-refractivity contribution in [1.82, 2.24) is 0 Å². The van der Waals surface area contributed by atoms with E-state index in [4.69, 9.17) is 5.11 Å². The summed E-state index contributed by atoms with van der Waals surface area (Å²) in [5.41, 5.74) is 0.363. The Morgan fingerprint density at radius 2 is 2.08 bits per heavy atom. The molecule has 2 nitrogen and oxygen atoms in total. The van der Waals surface area contributed by atoms with Gasteiger partial charge in [-0.25, -0.2) is 4.79 Å². The Labute approximate surface area is 98.4 Å². The topological polar surface area (TPSA) is 37.3 Å². The molecule has 2 aromatic heterocycles. The minimum Gasteiger partial charge on any atom is -0.478 e. The van der Waals surface area contributed by atoms with Crippen LogP contribution < -0.4 is 0 Å². The van der Waals surface area contributed by atoms with Gasteiger partial charge in [0.1, 0.15) is 0 Å². The van der Waals surface area contributed by atoms with Gasteiger partial charge >= 0.3 is 5.97 Å². The van der Waals surface area contributed by atoms with Gasteiger partial charge in [-0.05, 0) is 31.9 Å². The van der Waals surface area contributed by atoms with Crippen molar-refractivity contribution >= 4 is 70.6 Å². The molecule has 0 aromatic carbocycles. The molecule has 0 aliphatic heterocycles. The molecule has 0 aliphatic carbocycles. The summed E-state index contributed by atoms with van der Waals surface area (Å²) in [5, 5.41) is 11.6. The number of carboxylic acids is 1. The molecule has 0 bridgehead atoms. The number of carbonyl (C=O) groups is 1. The molecule has 0 unspecified atom stereocenters. The maximum absolute atomic E-state index is 10.9. The molecule has 6 heteroatoms. The fourth-order valence-corrected chi connectivity index (χ4v) is 4.49. The van der Waals surface area contributed by atoms with Crippen LogP contribution in [0.15, 0.2) is 13.0 Å². The molecule has 0 spiro atoms. The van der Waals surface area contributed by atoms with E-state index >= 15 is 0 Å². The van der Waals surface area contributed by atoms with Crippen molar-refractivity contribution in [2.45, 2.75) is 0 Å². The highest BCUT2D eigenvalue weighted by molar-refractivity contribution is 9.11. The molecule has 68 valence electrons. The van der Waals surface area contributed by atoms with Gasteiger partial charge in [-0.1, -0.05) is 0 Å². The van der Waals surface area contributed by atoms with E-state index in [1.54, 1.807) is 0 Å². The molecule has 0 saturated carbocycles. The van der Waals surface area contributed by atoms with Crippen molar-refractivity contribution in [1.29, 1.82) is 0 Å². The third-order valence-electron chi connectivity index (χ3n) is 1.57. The number of hydrogen-bond donors (Lipinski definition) is 1. The maximum atomic E-state index is 10.9.